The van der Waals surface area contributed by atoms with Gasteiger partial charge in [-0.2, -0.15) is 0 Å². The van der Waals surface area contributed by atoms with Crippen LogP contribution in [0.1, 0.15) is 18.4 Å². The lowest BCUT2D eigenvalue weighted by atomic mass is 10.2. The highest BCUT2D eigenvalue weighted by molar-refractivity contribution is 5.72. The lowest BCUT2D eigenvalue weighted by Crippen LogP contribution is -2.27. The molecule has 0 aliphatic heterocycles. The fraction of sp³-hybridized carbons (Fsp3) is 0.278. The molecule has 0 saturated heterocycles. The van der Waals surface area contributed by atoms with E-state index in [-0.39, 0.29) is 5.75 Å². The van der Waals surface area contributed by atoms with Crippen LogP contribution in [0.25, 0.3) is 0 Å². The van der Waals surface area contributed by atoms with Gasteiger partial charge in [-0.1, -0.05) is 30.3 Å². The molecule has 2 rings (SSSR count). The largest absolute Gasteiger partial charge is 0.508 e. The summed E-state index contributed by atoms with van der Waals surface area (Å²) in [4.78, 5) is 11.2. The van der Waals surface area contributed by atoms with Crippen molar-refractivity contribution in [2.75, 3.05) is 6.61 Å². The van der Waals surface area contributed by atoms with Crippen LogP contribution in [0, 0.1) is 0 Å². The highest BCUT2D eigenvalue weighted by Gasteiger charge is 2.18. The SMILES string of the molecule is O=C(O)C(CCCOCc1ccccc1)Oc1ccc(O)cc1. The lowest BCUT2D eigenvalue weighted by Gasteiger charge is -2.15. The average Bonchev–Trinajstić information content (AvgIpc) is 2.56. The van der Waals surface area contributed by atoms with Crippen molar-refractivity contribution >= 4 is 5.97 Å². The van der Waals surface area contributed by atoms with E-state index in [1.165, 1.54) is 24.3 Å². The number of ether oxygens (including phenoxy) is 2. The molecule has 0 spiro atoms. The molecule has 2 N–H and O–H groups in total. The fourth-order valence-corrected chi connectivity index (χ4v) is 2.06. The van der Waals surface area contributed by atoms with Crippen molar-refractivity contribution in [2.45, 2.75) is 25.6 Å². The molecule has 23 heavy (non-hydrogen) atoms. The molecule has 0 aliphatic rings. The number of phenols is 1. The van der Waals surface area contributed by atoms with Gasteiger partial charge >= 0.3 is 5.97 Å². The molecule has 0 aromatic heterocycles. The van der Waals surface area contributed by atoms with Crippen molar-refractivity contribution in [1.29, 1.82) is 0 Å². The first-order valence-electron chi connectivity index (χ1n) is 7.45. The quantitative estimate of drug-likeness (QED) is 0.695. The molecular weight excluding hydrogens is 296 g/mol. The number of aromatic hydroxyl groups is 1. The third kappa shape index (κ3) is 6.00. The Hall–Kier alpha value is -2.53. The van der Waals surface area contributed by atoms with Crippen LogP contribution in [0.15, 0.2) is 54.6 Å². The van der Waals surface area contributed by atoms with E-state index in [0.717, 1.165) is 5.56 Å². The second-order valence-corrected chi connectivity index (χ2v) is 5.12. The standard InChI is InChI=1S/C18H20O5/c19-15-8-10-16(11-9-15)23-17(18(20)21)7-4-12-22-13-14-5-2-1-3-6-14/h1-3,5-6,8-11,17,19H,4,7,12-13H2,(H,20,21). The maximum atomic E-state index is 11.2. The van der Waals surface area contributed by atoms with Crippen molar-refractivity contribution in [2.24, 2.45) is 0 Å². The van der Waals surface area contributed by atoms with Gasteiger partial charge in [0.25, 0.3) is 0 Å². The summed E-state index contributed by atoms with van der Waals surface area (Å²) in [6, 6.07) is 15.8. The number of rotatable bonds is 9. The Labute approximate surface area is 135 Å². The van der Waals surface area contributed by atoms with E-state index in [4.69, 9.17) is 9.47 Å². The predicted octanol–water partition coefficient (Wildman–Crippen LogP) is 3.22. The van der Waals surface area contributed by atoms with E-state index in [0.29, 0.717) is 31.8 Å². The van der Waals surface area contributed by atoms with E-state index < -0.39 is 12.1 Å². The van der Waals surface area contributed by atoms with Gasteiger partial charge in [-0.3, -0.25) is 0 Å². The summed E-state index contributed by atoms with van der Waals surface area (Å²) in [7, 11) is 0. The molecule has 1 atom stereocenters. The average molecular weight is 316 g/mol. The maximum absolute atomic E-state index is 11.2. The zero-order chi connectivity index (χ0) is 16.5. The normalized spacial score (nSPS) is 11.8. The molecule has 0 aliphatic carbocycles. The van der Waals surface area contributed by atoms with Crippen molar-refractivity contribution < 1.29 is 24.5 Å². The fourth-order valence-electron chi connectivity index (χ4n) is 2.06. The molecule has 5 nitrogen and oxygen atoms in total. The summed E-state index contributed by atoms with van der Waals surface area (Å²) >= 11 is 0. The van der Waals surface area contributed by atoms with Crippen LogP contribution in [0.3, 0.4) is 0 Å². The number of carboxylic acid groups (broad SMARTS) is 1. The molecule has 0 radical (unpaired) electrons. The topological polar surface area (TPSA) is 76.0 Å². The Morgan fingerprint density at radius 2 is 1.74 bits per heavy atom. The number of hydrogen-bond acceptors (Lipinski definition) is 4. The summed E-state index contributed by atoms with van der Waals surface area (Å²) in [5.41, 5.74) is 1.09. The minimum atomic E-state index is -1.01. The van der Waals surface area contributed by atoms with Crippen molar-refractivity contribution in [3.05, 3.63) is 60.2 Å². The summed E-state index contributed by atoms with van der Waals surface area (Å²) in [6.45, 7) is 0.981. The van der Waals surface area contributed by atoms with Gasteiger partial charge < -0.3 is 19.7 Å². The molecule has 0 fully saturated rings. The van der Waals surface area contributed by atoms with Gasteiger partial charge in [0.1, 0.15) is 11.5 Å². The second-order valence-electron chi connectivity index (χ2n) is 5.12. The van der Waals surface area contributed by atoms with E-state index in [9.17, 15) is 15.0 Å². The van der Waals surface area contributed by atoms with Crippen LogP contribution in [-0.2, 0) is 16.1 Å². The minimum absolute atomic E-state index is 0.110. The van der Waals surface area contributed by atoms with Crippen LogP contribution in [0.4, 0.5) is 0 Å². The third-order valence-electron chi connectivity index (χ3n) is 3.26. The Morgan fingerprint density at radius 1 is 1.04 bits per heavy atom. The van der Waals surface area contributed by atoms with E-state index >= 15 is 0 Å². The summed E-state index contributed by atoms with van der Waals surface area (Å²) in [5, 5.41) is 18.4. The van der Waals surface area contributed by atoms with Gasteiger partial charge in [0.2, 0.25) is 0 Å². The Morgan fingerprint density at radius 3 is 2.39 bits per heavy atom. The molecule has 2 aromatic rings. The molecule has 0 bridgehead atoms. The Kier molecular flexibility index (Phi) is 6.44. The predicted molar refractivity (Wildman–Crippen MR) is 85.5 cm³/mol. The lowest BCUT2D eigenvalue weighted by molar-refractivity contribution is -0.145. The second kappa shape index (κ2) is 8.80. The van der Waals surface area contributed by atoms with Crippen LogP contribution in [0.5, 0.6) is 11.5 Å². The van der Waals surface area contributed by atoms with Crippen molar-refractivity contribution in [3.8, 4) is 11.5 Å². The van der Waals surface area contributed by atoms with Gasteiger partial charge in [0.15, 0.2) is 6.10 Å². The highest BCUT2D eigenvalue weighted by atomic mass is 16.5. The number of carboxylic acids is 1. The number of benzene rings is 2. The third-order valence-corrected chi connectivity index (χ3v) is 3.26. The summed E-state index contributed by atoms with van der Waals surface area (Å²) < 4.78 is 11.0. The van der Waals surface area contributed by atoms with Crippen molar-refractivity contribution in [1.82, 2.24) is 0 Å². The van der Waals surface area contributed by atoms with E-state index in [1.54, 1.807) is 0 Å². The molecule has 5 heteroatoms. The first kappa shape index (κ1) is 16.8. The van der Waals surface area contributed by atoms with Gasteiger partial charge in [-0.05, 0) is 42.7 Å². The molecule has 0 saturated carbocycles. The summed E-state index contributed by atoms with van der Waals surface area (Å²) in [6.07, 6.45) is 0.00671. The van der Waals surface area contributed by atoms with Crippen LogP contribution in [0.2, 0.25) is 0 Å². The van der Waals surface area contributed by atoms with Gasteiger partial charge in [-0.25, -0.2) is 4.79 Å². The molecular formula is C18H20O5. The summed E-state index contributed by atoms with van der Waals surface area (Å²) in [5.74, 6) is -0.486. The van der Waals surface area contributed by atoms with Gasteiger partial charge in [-0.15, -0.1) is 0 Å². The molecule has 1 unspecified atom stereocenters. The molecule has 0 heterocycles. The molecule has 122 valence electrons. The number of phenolic OH excluding ortho intramolecular Hbond substituents is 1. The molecule has 2 aromatic carbocycles. The number of aliphatic carboxylic acids is 1. The smallest absolute Gasteiger partial charge is 0.344 e. The first-order chi connectivity index (χ1) is 11.1. The minimum Gasteiger partial charge on any atom is -0.508 e. The van der Waals surface area contributed by atoms with E-state index in [1.807, 2.05) is 30.3 Å². The zero-order valence-corrected chi connectivity index (χ0v) is 12.7. The maximum Gasteiger partial charge on any atom is 0.344 e. The van der Waals surface area contributed by atoms with Crippen LogP contribution >= 0.6 is 0 Å². The first-order valence-corrected chi connectivity index (χ1v) is 7.45. The van der Waals surface area contributed by atoms with E-state index in [2.05, 4.69) is 0 Å². The van der Waals surface area contributed by atoms with Crippen molar-refractivity contribution in [3.63, 3.8) is 0 Å². The number of hydrogen-bond donors (Lipinski definition) is 2. The number of carbonyl (C=O) groups is 1. The van der Waals surface area contributed by atoms with Gasteiger partial charge in [0, 0.05) is 6.61 Å². The zero-order valence-electron chi connectivity index (χ0n) is 12.7. The monoisotopic (exact) mass is 316 g/mol. The van der Waals surface area contributed by atoms with Crippen LogP contribution in [-0.4, -0.2) is 28.9 Å². The van der Waals surface area contributed by atoms with Crippen LogP contribution < -0.4 is 4.74 Å². The van der Waals surface area contributed by atoms with Gasteiger partial charge in [0.05, 0.1) is 6.61 Å². The highest BCUT2D eigenvalue weighted by Crippen LogP contribution is 2.18. The molecule has 0 amide bonds. The Balaban J connectivity index is 1.72. The Bertz CT molecular complexity index is 595.